The van der Waals surface area contributed by atoms with Crippen LogP contribution in [0.5, 0.6) is 0 Å². The van der Waals surface area contributed by atoms with Crippen molar-refractivity contribution in [1.82, 2.24) is 5.16 Å². The molecule has 0 amide bonds. The lowest BCUT2D eigenvalue weighted by Crippen LogP contribution is -1.79. The zero-order chi connectivity index (χ0) is 8.55. The summed E-state index contributed by atoms with van der Waals surface area (Å²) in [5, 5.41) is 5.13. The van der Waals surface area contributed by atoms with E-state index >= 15 is 0 Å². The molecule has 62 valence electrons. The van der Waals surface area contributed by atoms with Gasteiger partial charge in [0.15, 0.2) is 5.58 Å². The summed E-state index contributed by atoms with van der Waals surface area (Å²) < 4.78 is 5.14. The lowest BCUT2D eigenvalue weighted by atomic mass is 10.1. The van der Waals surface area contributed by atoms with Gasteiger partial charge in [0.25, 0.3) is 0 Å². The maximum atomic E-state index is 5.14. The zero-order valence-corrected chi connectivity index (χ0v) is 7.29. The Morgan fingerprint density at radius 1 is 1.42 bits per heavy atom. The molecule has 0 unspecified atom stereocenters. The Balaban J connectivity index is 2.75. The molecule has 0 saturated heterocycles. The van der Waals surface area contributed by atoms with Gasteiger partial charge in [0.1, 0.15) is 0 Å². The second-order valence-corrected chi connectivity index (χ2v) is 2.98. The Bertz CT molecular complexity index is 403. The van der Waals surface area contributed by atoms with Crippen LogP contribution in [-0.2, 0) is 6.42 Å². The summed E-state index contributed by atoms with van der Waals surface area (Å²) in [7, 11) is 0. The first-order valence-electron chi connectivity index (χ1n) is 4.16. The van der Waals surface area contributed by atoms with Crippen LogP contribution < -0.4 is 0 Å². The van der Waals surface area contributed by atoms with Crippen molar-refractivity contribution in [1.29, 1.82) is 0 Å². The minimum Gasteiger partial charge on any atom is -0.356 e. The molecule has 2 aromatic rings. The van der Waals surface area contributed by atoms with Crippen molar-refractivity contribution in [2.75, 3.05) is 0 Å². The normalized spacial score (nSPS) is 10.8. The van der Waals surface area contributed by atoms with Gasteiger partial charge in [-0.25, -0.2) is 0 Å². The van der Waals surface area contributed by atoms with Gasteiger partial charge in [0.05, 0.1) is 5.69 Å². The molecule has 1 heterocycles. The summed E-state index contributed by atoms with van der Waals surface area (Å²) in [4.78, 5) is 0. The molecule has 0 aliphatic rings. The Morgan fingerprint density at radius 2 is 2.25 bits per heavy atom. The monoisotopic (exact) mass is 161 g/mol. The van der Waals surface area contributed by atoms with Gasteiger partial charge in [-0.3, -0.25) is 0 Å². The number of rotatable bonds is 1. The molecular weight excluding hydrogens is 150 g/mol. The van der Waals surface area contributed by atoms with Gasteiger partial charge in [0.2, 0.25) is 0 Å². The van der Waals surface area contributed by atoms with Gasteiger partial charge in [-0.05, 0) is 25.5 Å². The summed E-state index contributed by atoms with van der Waals surface area (Å²) in [6.45, 7) is 4.16. The lowest BCUT2D eigenvalue weighted by molar-refractivity contribution is 0.447. The third-order valence-corrected chi connectivity index (χ3v) is 2.04. The number of aryl methyl sites for hydroxylation is 2. The van der Waals surface area contributed by atoms with E-state index < -0.39 is 0 Å². The molecule has 0 radical (unpaired) electrons. The van der Waals surface area contributed by atoms with Crippen LogP contribution in [0, 0.1) is 6.92 Å². The standard InChI is InChI=1S/C10H11NO/c1-3-9-8-6-7(2)4-5-10(8)12-11-9/h4-6H,3H2,1-2H3. The molecule has 0 fully saturated rings. The molecular formula is C10H11NO. The van der Waals surface area contributed by atoms with Crippen molar-refractivity contribution in [3.05, 3.63) is 29.5 Å². The van der Waals surface area contributed by atoms with Crippen LogP contribution in [0.3, 0.4) is 0 Å². The molecule has 1 aromatic carbocycles. The van der Waals surface area contributed by atoms with Crippen molar-refractivity contribution >= 4 is 11.0 Å². The zero-order valence-electron chi connectivity index (χ0n) is 7.29. The molecule has 1 aromatic heterocycles. The summed E-state index contributed by atoms with van der Waals surface area (Å²) in [6.07, 6.45) is 0.927. The molecule has 0 spiro atoms. The fraction of sp³-hybridized carbons (Fsp3) is 0.300. The van der Waals surface area contributed by atoms with Crippen LogP contribution in [0.15, 0.2) is 22.7 Å². The van der Waals surface area contributed by atoms with E-state index in [-0.39, 0.29) is 0 Å². The van der Waals surface area contributed by atoms with Gasteiger partial charge < -0.3 is 4.52 Å². The van der Waals surface area contributed by atoms with Crippen molar-refractivity contribution < 1.29 is 4.52 Å². The summed E-state index contributed by atoms with van der Waals surface area (Å²) in [6, 6.07) is 6.12. The third-order valence-electron chi connectivity index (χ3n) is 2.04. The van der Waals surface area contributed by atoms with E-state index in [1.807, 2.05) is 12.1 Å². The number of fused-ring (bicyclic) bond motifs is 1. The minimum atomic E-state index is 0.887. The first-order valence-corrected chi connectivity index (χ1v) is 4.16. The molecule has 0 aliphatic carbocycles. The maximum absolute atomic E-state index is 5.14. The summed E-state index contributed by atoms with van der Waals surface area (Å²) in [5.74, 6) is 0. The Kier molecular flexibility index (Phi) is 1.61. The van der Waals surface area contributed by atoms with Crippen LogP contribution >= 0.6 is 0 Å². The summed E-state index contributed by atoms with van der Waals surface area (Å²) >= 11 is 0. The Hall–Kier alpha value is -1.31. The maximum Gasteiger partial charge on any atom is 0.167 e. The Labute approximate surface area is 71.2 Å². The number of hydrogen-bond donors (Lipinski definition) is 0. The van der Waals surface area contributed by atoms with E-state index in [1.165, 1.54) is 5.56 Å². The highest BCUT2D eigenvalue weighted by molar-refractivity contribution is 5.80. The topological polar surface area (TPSA) is 26.0 Å². The van der Waals surface area contributed by atoms with E-state index in [0.717, 1.165) is 23.1 Å². The predicted molar refractivity (Wildman–Crippen MR) is 48.1 cm³/mol. The Morgan fingerprint density at radius 3 is 3.00 bits per heavy atom. The van der Waals surface area contributed by atoms with E-state index in [4.69, 9.17) is 4.52 Å². The fourth-order valence-corrected chi connectivity index (χ4v) is 1.36. The molecule has 0 bridgehead atoms. The second-order valence-electron chi connectivity index (χ2n) is 2.98. The first kappa shape index (κ1) is 7.35. The molecule has 0 atom stereocenters. The lowest BCUT2D eigenvalue weighted by Gasteiger charge is -1.91. The number of hydrogen-bond acceptors (Lipinski definition) is 2. The van der Waals surface area contributed by atoms with Crippen molar-refractivity contribution in [2.45, 2.75) is 20.3 Å². The quantitative estimate of drug-likeness (QED) is 0.642. The van der Waals surface area contributed by atoms with Gasteiger partial charge in [0, 0.05) is 5.39 Å². The molecule has 0 saturated carbocycles. The molecule has 2 heteroatoms. The van der Waals surface area contributed by atoms with Crippen LogP contribution in [0.25, 0.3) is 11.0 Å². The van der Waals surface area contributed by atoms with Gasteiger partial charge in [-0.2, -0.15) is 0 Å². The van der Waals surface area contributed by atoms with Crippen molar-refractivity contribution in [3.63, 3.8) is 0 Å². The van der Waals surface area contributed by atoms with E-state index in [9.17, 15) is 0 Å². The SMILES string of the molecule is CCc1noc2ccc(C)cc12. The predicted octanol–water partition coefficient (Wildman–Crippen LogP) is 2.70. The number of aromatic nitrogens is 1. The van der Waals surface area contributed by atoms with Crippen LogP contribution in [0.1, 0.15) is 18.2 Å². The van der Waals surface area contributed by atoms with Crippen LogP contribution in [-0.4, -0.2) is 5.16 Å². The third kappa shape index (κ3) is 0.998. The first-order chi connectivity index (χ1) is 5.81. The highest BCUT2D eigenvalue weighted by atomic mass is 16.5. The average Bonchev–Trinajstić information content (AvgIpc) is 2.46. The number of benzene rings is 1. The molecule has 0 N–H and O–H groups in total. The smallest absolute Gasteiger partial charge is 0.167 e. The number of nitrogens with zero attached hydrogens (tertiary/aromatic N) is 1. The van der Waals surface area contributed by atoms with E-state index in [2.05, 4.69) is 25.1 Å². The van der Waals surface area contributed by atoms with Crippen molar-refractivity contribution in [3.8, 4) is 0 Å². The van der Waals surface area contributed by atoms with E-state index in [1.54, 1.807) is 0 Å². The van der Waals surface area contributed by atoms with Crippen LogP contribution in [0.2, 0.25) is 0 Å². The van der Waals surface area contributed by atoms with Crippen LogP contribution in [0.4, 0.5) is 0 Å². The largest absolute Gasteiger partial charge is 0.356 e. The van der Waals surface area contributed by atoms with Crippen molar-refractivity contribution in [2.24, 2.45) is 0 Å². The fourth-order valence-electron chi connectivity index (χ4n) is 1.36. The molecule has 2 nitrogen and oxygen atoms in total. The average molecular weight is 161 g/mol. The highest BCUT2D eigenvalue weighted by Crippen LogP contribution is 2.19. The van der Waals surface area contributed by atoms with Gasteiger partial charge in [-0.15, -0.1) is 0 Å². The van der Waals surface area contributed by atoms with E-state index in [0.29, 0.717) is 0 Å². The van der Waals surface area contributed by atoms with Gasteiger partial charge in [-0.1, -0.05) is 23.7 Å². The molecule has 2 rings (SSSR count). The van der Waals surface area contributed by atoms with Gasteiger partial charge >= 0.3 is 0 Å². The highest BCUT2D eigenvalue weighted by Gasteiger charge is 2.04. The molecule has 0 aliphatic heterocycles. The minimum absolute atomic E-state index is 0.887. The second kappa shape index (κ2) is 2.63. The summed E-state index contributed by atoms with van der Waals surface area (Å²) in [5.41, 5.74) is 3.19. The molecule has 12 heavy (non-hydrogen) atoms.